The second kappa shape index (κ2) is 9.10. The number of nitrogens with zero attached hydrogens (tertiary/aromatic N) is 1. The van der Waals surface area contributed by atoms with Crippen molar-refractivity contribution in [3.8, 4) is 11.5 Å². The fourth-order valence-corrected chi connectivity index (χ4v) is 2.70. The fourth-order valence-electron chi connectivity index (χ4n) is 2.70. The first-order chi connectivity index (χ1) is 14.0. The summed E-state index contributed by atoms with van der Waals surface area (Å²) < 4.78 is 16.3. The van der Waals surface area contributed by atoms with Gasteiger partial charge in [0.1, 0.15) is 12.4 Å². The van der Waals surface area contributed by atoms with E-state index < -0.39 is 5.97 Å². The molecular weight excluding hydrogens is 370 g/mol. The highest BCUT2D eigenvalue weighted by atomic mass is 16.5. The van der Waals surface area contributed by atoms with Crippen LogP contribution in [0.5, 0.6) is 11.5 Å². The number of carboxylic acids is 1. The highest BCUT2D eigenvalue weighted by Gasteiger charge is 2.11. The number of methoxy groups -OCH3 is 1. The molecule has 29 heavy (non-hydrogen) atoms. The van der Waals surface area contributed by atoms with Crippen LogP contribution in [0.4, 0.5) is 5.69 Å². The van der Waals surface area contributed by atoms with Crippen LogP contribution >= 0.6 is 0 Å². The van der Waals surface area contributed by atoms with Crippen molar-refractivity contribution in [1.29, 1.82) is 0 Å². The van der Waals surface area contributed by atoms with Gasteiger partial charge in [-0.05, 0) is 59.5 Å². The molecule has 0 aliphatic heterocycles. The minimum atomic E-state index is -1.11. The summed E-state index contributed by atoms with van der Waals surface area (Å²) >= 11 is 0. The van der Waals surface area contributed by atoms with Crippen molar-refractivity contribution in [2.45, 2.75) is 26.4 Å². The molecule has 0 bridgehead atoms. The molecule has 1 heterocycles. The molecule has 0 saturated carbocycles. The van der Waals surface area contributed by atoms with E-state index in [0.29, 0.717) is 23.2 Å². The summed E-state index contributed by atoms with van der Waals surface area (Å²) in [5, 5.41) is 8.90. The summed E-state index contributed by atoms with van der Waals surface area (Å²) in [4.78, 5) is 15.4. The third kappa shape index (κ3) is 5.25. The number of aliphatic imine (C=N–C) groups is 1. The number of rotatable bonds is 8. The van der Waals surface area contributed by atoms with Crippen LogP contribution in [0.1, 0.15) is 47.2 Å². The first-order valence-electron chi connectivity index (χ1n) is 9.23. The van der Waals surface area contributed by atoms with E-state index in [9.17, 15) is 4.79 Å². The number of ether oxygens (including phenoxy) is 2. The van der Waals surface area contributed by atoms with E-state index in [1.807, 2.05) is 24.3 Å². The van der Waals surface area contributed by atoms with Crippen LogP contribution in [0, 0.1) is 0 Å². The average Bonchev–Trinajstić information content (AvgIpc) is 3.20. The van der Waals surface area contributed by atoms with Crippen molar-refractivity contribution in [3.05, 3.63) is 77.2 Å². The van der Waals surface area contributed by atoms with Crippen molar-refractivity contribution in [2.75, 3.05) is 7.11 Å². The average molecular weight is 393 g/mol. The van der Waals surface area contributed by atoms with Crippen LogP contribution in [-0.4, -0.2) is 24.4 Å². The quantitative estimate of drug-likeness (QED) is 0.515. The van der Waals surface area contributed by atoms with Crippen molar-refractivity contribution in [2.24, 2.45) is 4.99 Å². The van der Waals surface area contributed by atoms with Gasteiger partial charge in [-0.1, -0.05) is 26.0 Å². The minimum Gasteiger partial charge on any atom is -0.493 e. The number of benzene rings is 2. The SMILES string of the molecule is COc1cc(C=Nc2ccc(C(C)C)cc2)ccc1OCc1ccc(C(=O)O)o1. The smallest absolute Gasteiger partial charge is 0.371 e. The Morgan fingerprint density at radius 1 is 1.10 bits per heavy atom. The molecule has 3 rings (SSSR count). The van der Waals surface area contributed by atoms with Crippen LogP contribution in [0.25, 0.3) is 0 Å². The van der Waals surface area contributed by atoms with Crippen molar-refractivity contribution >= 4 is 17.9 Å². The Morgan fingerprint density at radius 3 is 2.48 bits per heavy atom. The van der Waals surface area contributed by atoms with Gasteiger partial charge >= 0.3 is 5.97 Å². The van der Waals surface area contributed by atoms with Gasteiger partial charge in [-0.2, -0.15) is 0 Å². The van der Waals surface area contributed by atoms with Crippen LogP contribution in [-0.2, 0) is 6.61 Å². The van der Waals surface area contributed by atoms with E-state index >= 15 is 0 Å². The van der Waals surface area contributed by atoms with E-state index in [1.54, 1.807) is 25.5 Å². The normalized spacial score (nSPS) is 11.2. The molecule has 0 spiro atoms. The molecule has 2 aromatic carbocycles. The molecule has 0 atom stereocenters. The molecule has 0 amide bonds. The molecule has 0 radical (unpaired) electrons. The van der Waals surface area contributed by atoms with Crippen LogP contribution in [0.3, 0.4) is 0 Å². The Hall–Kier alpha value is -3.54. The molecule has 0 unspecified atom stereocenters. The van der Waals surface area contributed by atoms with E-state index in [2.05, 4.69) is 31.0 Å². The molecule has 150 valence electrons. The fraction of sp³-hybridized carbons (Fsp3) is 0.217. The molecule has 6 nitrogen and oxygen atoms in total. The number of carboxylic acid groups (broad SMARTS) is 1. The third-order valence-corrected chi connectivity index (χ3v) is 4.35. The maximum absolute atomic E-state index is 10.9. The minimum absolute atomic E-state index is 0.0965. The lowest BCUT2D eigenvalue weighted by molar-refractivity contribution is 0.0658. The van der Waals surface area contributed by atoms with E-state index in [0.717, 1.165) is 11.3 Å². The number of furan rings is 1. The summed E-state index contributed by atoms with van der Waals surface area (Å²) in [6, 6.07) is 16.6. The van der Waals surface area contributed by atoms with Crippen molar-refractivity contribution in [3.63, 3.8) is 0 Å². The lowest BCUT2D eigenvalue weighted by atomic mass is 10.0. The first-order valence-corrected chi connectivity index (χ1v) is 9.23. The maximum Gasteiger partial charge on any atom is 0.371 e. The van der Waals surface area contributed by atoms with Crippen molar-refractivity contribution in [1.82, 2.24) is 0 Å². The Bertz CT molecular complexity index is 1000. The molecular formula is C23H23NO5. The lowest BCUT2D eigenvalue weighted by Gasteiger charge is -2.10. The Kier molecular flexibility index (Phi) is 6.34. The second-order valence-corrected chi connectivity index (χ2v) is 6.77. The molecule has 0 saturated heterocycles. The molecule has 6 heteroatoms. The summed E-state index contributed by atoms with van der Waals surface area (Å²) in [6.45, 7) is 4.41. The van der Waals surface area contributed by atoms with Gasteiger partial charge in [0.05, 0.1) is 12.8 Å². The van der Waals surface area contributed by atoms with Gasteiger partial charge < -0.3 is 19.0 Å². The number of hydrogen-bond donors (Lipinski definition) is 1. The zero-order valence-electron chi connectivity index (χ0n) is 16.6. The molecule has 1 aromatic heterocycles. The predicted octanol–water partition coefficient (Wildman–Crippen LogP) is 5.44. The summed E-state index contributed by atoms with van der Waals surface area (Å²) in [5.74, 6) is 0.745. The summed E-state index contributed by atoms with van der Waals surface area (Å²) in [6.07, 6.45) is 1.77. The van der Waals surface area contributed by atoms with Crippen LogP contribution < -0.4 is 9.47 Å². The lowest BCUT2D eigenvalue weighted by Crippen LogP contribution is -1.98. The third-order valence-electron chi connectivity index (χ3n) is 4.35. The van der Waals surface area contributed by atoms with Gasteiger partial charge in [-0.25, -0.2) is 4.79 Å². The molecule has 1 N–H and O–H groups in total. The Morgan fingerprint density at radius 2 is 1.86 bits per heavy atom. The van der Waals surface area contributed by atoms with Gasteiger partial charge in [0.15, 0.2) is 11.5 Å². The molecule has 3 aromatic rings. The van der Waals surface area contributed by atoms with Crippen LogP contribution in [0.15, 0.2) is 64.0 Å². The van der Waals surface area contributed by atoms with E-state index in [4.69, 9.17) is 19.0 Å². The Balaban J connectivity index is 1.68. The zero-order chi connectivity index (χ0) is 20.8. The Labute approximate surface area is 169 Å². The van der Waals surface area contributed by atoms with Gasteiger partial charge in [-0.15, -0.1) is 0 Å². The second-order valence-electron chi connectivity index (χ2n) is 6.77. The van der Waals surface area contributed by atoms with E-state index in [-0.39, 0.29) is 12.4 Å². The molecule has 0 fully saturated rings. The highest BCUT2D eigenvalue weighted by molar-refractivity contribution is 5.84. The van der Waals surface area contributed by atoms with Gasteiger partial charge in [0.25, 0.3) is 0 Å². The monoisotopic (exact) mass is 393 g/mol. The standard InChI is InChI=1S/C23H23NO5/c1-15(2)17-5-7-18(8-6-17)24-13-16-4-10-20(22(12-16)27-3)28-14-19-9-11-21(29-19)23(25)26/h4-13,15H,14H2,1-3H3,(H,25,26). The first kappa shape index (κ1) is 20.2. The van der Waals surface area contributed by atoms with Crippen molar-refractivity contribution < 1.29 is 23.8 Å². The highest BCUT2D eigenvalue weighted by Crippen LogP contribution is 2.29. The van der Waals surface area contributed by atoms with E-state index in [1.165, 1.54) is 11.6 Å². The van der Waals surface area contributed by atoms with Gasteiger partial charge in [-0.3, -0.25) is 4.99 Å². The van der Waals surface area contributed by atoms with Crippen LogP contribution in [0.2, 0.25) is 0 Å². The topological polar surface area (TPSA) is 81.3 Å². The summed E-state index contributed by atoms with van der Waals surface area (Å²) in [7, 11) is 1.56. The largest absolute Gasteiger partial charge is 0.493 e. The molecule has 0 aliphatic carbocycles. The number of aromatic carboxylic acids is 1. The van der Waals surface area contributed by atoms with Gasteiger partial charge in [0, 0.05) is 6.21 Å². The van der Waals surface area contributed by atoms with Gasteiger partial charge in [0.2, 0.25) is 5.76 Å². The maximum atomic E-state index is 10.9. The number of carbonyl (C=O) groups is 1. The predicted molar refractivity (Wildman–Crippen MR) is 111 cm³/mol. The zero-order valence-corrected chi connectivity index (χ0v) is 16.6. The summed E-state index contributed by atoms with van der Waals surface area (Å²) in [5.41, 5.74) is 3.02. The molecule has 0 aliphatic rings. The number of hydrogen-bond acceptors (Lipinski definition) is 5.